The number of nitrogens with two attached hydrogens (primary N) is 1. The summed E-state index contributed by atoms with van der Waals surface area (Å²) in [6, 6.07) is 3.24. The summed E-state index contributed by atoms with van der Waals surface area (Å²) in [4.78, 5) is 3.86. The molecular formula is C9H8Cl2N4O. The maximum Gasteiger partial charge on any atom is 0.213 e. The third-order valence-corrected chi connectivity index (χ3v) is 2.66. The maximum absolute atomic E-state index is 5.87. The van der Waals surface area contributed by atoms with Crippen LogP contribution in [0.25, 0.3) is 0 Å². The largest absolute Gasteiger partial charge is 0.397 e. The molecule has 0 fully saturated rings. The summed E-state index contributed by atoms with van der Waals surface area (Å²) in [7, 11) is 0. The molecule has 0 saturated carbocycles. The highest BCUT2D eigenvalue weighted by Crippen LogP contribution is 2.30. The van der Waals surface area contributed by atoms with E-state index in [0.29, 0.717) is 33.8 Å². The van der Waals surface area contributed by atoms with E-state index < -0.39 is 0 Å². The van der Waals surface area contributed by atoms with Crippen molar-refractivity contribution in [1.82, 2.24) is 10.1 Å². The summed E-state index contributed by atoms with van der Waals surface area (Å²) in [5, 5.41) is 7.54. The first-order valence-corrected chi connectivity index (χ1v) is 5.16. The molecule has 1 aromatic carbocycles. The van der Waals surface area contributed by atoms with Gasteiger partial charge in [-0.3, -0.25) is 0 Å². The Balaban J connectivity index is 2.12. The Kier molecular flexibility index (Phi) is 3.17. The van der Waals surface area contributed by atoms with Gasteiger partial charge in [-0.1, -0.05) is 28.4 Å². The van der Waals surface area contributed by atoms with Crippen molar-refractivity contribution in [2.75, 3.05) is 11.1 Å². The smallest absolute Gasteiger partial charge is 0.213 e. The number of halogens is 2. The van der Waals surface area contributed by atoms with Gasteiger partial charge >= 0.3 is 0 Å². The number of benzene rings is 1. The third kappa shape index (κ3) is 2.37. The average molecular weight is 259 g/mol. The minimum absolute atomic E-state index is 0.401. The van der Waals surface area contributed by atoms with Gasteiger partial charge in [0.15, 0.2) is 5.82 Å². The fourth-order valence-corrected chi connectivity index (χ4v) is 1.50. The molecule has 0 atom stereocenters. The second kappa shape index (κ2) is 4.59. The maximum atomic E-state index is 5.87. The Labute approximate surface area is 102 Å². The van der Waals surface area contributed by atoms with Gasteiger partial charge in [-0.15, -0.1) is 0 Å². The first-order valence-electron chi connectivity index (χ1n) is 4.40. The Hall–Kier alpha value is -1.46. The Morgan fingerprint density at radius 2 is 2.06 bits per heavy atom. The lowest BCUT2D eigenvalue weighted by atomic mass is 10.2. The van der Waals surface area contributed by atoms with Crippen LogP contribution in [0, 0.1) is 0 Å². The molecule has 16 heavy (non-hydrogen) atoms. The highest BCUT2D eigenvalue weighted by Gasteiger charge is 2.05. The van der Waals surface area contributed by atoms with Crippen molar-refractivity contribution < 1.29 is 4.52 Å². The lowest BCUT2D eigenvalue weighted by Gasteiger charge is -2.08. The number of anilines is 2. The van der Waals surface area contributed by atoms with Gasteiger partial charge in [0, 0.05) is 0 Å². The third-order valence-electron chi connectivity index (χ3n) is 1.94. The summed E-state index contributed by atoms with van der Waals surface area (Å²) < 4.78 is 4.60. The van der Waals surface area contributed by atoms with E-state index >= 15 is 0 Å². The van der Waals surface area contributed by atoms with Gasteiger partial charge in [0.05, 0.1) is 28.0 Å². The molecule has 1 aromatic heterocycles. The fourth-order valence-electron chi connectivity index (χ4n) is 1.16. The minimum atomic E-state index is 0.401. The highest BCUT2D eigenvalue weighted by atomic mass is 35.5. The summed E-state index contributed by atoms with van der Waals surface area (Å²) in [6.45, 7) is 0.401. The van der Waals surface area contributed by atoms with Crippen LogP contribution in [0.2, 0.25) is 10.0 Å². The zero-order valence-corrected chi connectivity index (χ0v) is 9.59. The highest BCUT2D eigenvalue weighted by molar-refractivity contribution is 6.42. The molecule has 0 aliphatic heterocycles. The summed E-state index contributed by atoms with van der Waals surface area (Å²) >= 11 is 11.7. The van der Waals surface area contributed by atoms with Crippen molar-refractivity contribution in [1.29, 1.82) is 0 Å². The standard InChI is InChI=1S/C9H8Cl2N4O/c10-5-1-7(12)8(2-6(5)11)13-3-9-14-4-16-15-9/h1-2,4,13H,3,12H2. The van der Waals surface area contributed by atoms with E-state index in [1.54, 1.807) is 12.1 Å². The molecule has 0 saturated heterocycles. The van der Waals surface area contributed by atoms with E-state index in [4.69, 9.17) is 28.9 Å². The molecule has 2 rings (SSSR count). The molecule has 0 radical (unpaired) electrons. The summed E-state index contributed by atoms with van der Waals surface area (Å²) in [5.41, 5.74) is 6.95. The zero-order valence-electron chi connectivity index (χ0n) is 8.08. The quantitative estimate of drug-likeness (QED) is 0.828. The molecule has 5 nitrogen and oxygen atoms in total. The molecule has 0 aliphatic rings. The molecule has 84 valence electrons. The van der Waals surface area contributed by atoms with E-state index in [2.05, 4.69) is 20.0 Å². The molecule has 0 bridgehead atoms. The molecule has 1 heterocycles. The topological polar surface area (TPSA) is 77.0 Å². The van der Waals surface area contributed by atoms with Gasteiger partial charge in [-0.2, -0.15) is 4.98 Å². The molecule has 0 spiro atoms. The van der Waals surface area contributed by atoms with E-state index in [-0.39, 0.29) is 0 Å². The molecule has 7 heteroatoms. The van der Waals surface area contributed by atoms with Gasteiger partial charge < -0.3 is 15.6 Å². The summed E-state index contributed by atoms with van der Waals surface area (Å²) in [6.07, 6.45) is 1.26. The van der Waals surface area contributed by atoms with Crippen LogP contribution in [-0.2, 0) is 6.54 Å². The zero-order chi connectivity index (χ0) is 11.5. The average Bonchev–Trinajstić information content (AvgIpc) is 2.74. The normalized spacial score (nSPS) is 10.4. The molecule has 0 aliphatic carbocycles. The van der Waals surface area contributed by atoms with Gasteiger partial charge in [0.2, 0.25) is 6.39 Å². The number of nitrogen functional groups attached to an aromatic ring is 1. The van der Waals surface area contributed by atoms with E-state index in [9.17, 15) is 0 Å². The Morgan fingerprint density at radius 1 is 1.31 bits per heavy atom. The molecule has 0 amide bonds. The monoisotopic (exact) mass is 258 g/mol. The molecule has 2 aromatic rings. The van der Waals surface area contributed by atoms with Crippen molar-refractivity contribution >= 4 is 34.6 Å². The lowest BCUT2D eigenvalue weighted by molar-refractivity contribution is 0.411. The number of aromatic nitrogens is 2. The fraction of sp³-hybridized carbons (Fsp3) is 0.111. The molecular weight excluding hydrogens is 251 g/mol. The van der Waals surface area contributed by atoms with E-state index in [1.807, 2.05) is 0 Å². The van der Waals surface area contributed by atoms with Crippen LogP contribution < -0.4 is 11.1 Å². The van der Waals surface area contributed by atoms with Crippen LogP contribution in [0.1, 0.15) is 5.82 Å². The van der Waals surface area contributed by atoms with Crippen LogP contribution in [0.15, 0.2) is 23.0 Å². The predicted molar refractivity (Wildman–Crippen MR) is 62.5 cm³/mol. The molecule has 3 N–H and O–H groups in total. The van der Waals surface area contributed by atoms with Crippen molar-refractivity contribution in [3.8, 4) is 0 Å². The number of hydrogen-bond donors (Lipinski definition) is 2. The second-order valence-corrected chi connectivity index (χ2v) is 3.87. The first kappa shape index (κ1) is 11.0. The van der Waals surface area contributed by atoms with Crippen molar-refractivity contribution in [2.45, 2.75) is 6.54 Å². The second-order valence-electron chi connectivity index (χ2n) is 3.05. The number of hydrogen-bond acceptors (Lipinski definition) is 5. The predicted octanol–water partition coefficient (Wildman–Crippen LogP) is 2.57. The first-order chi connectivity index (χ1) is 7.66. The van der Waals surface area contributed by atoms with Crippen LogP contribution in [-0.4, -0.2) is 10.1 Å². The van der Waals surface area contributed by atoms with Crippen LogP contribution >= 0.6 is 23.2 Å². The van der Waals surface area contributed by atoms with Gasteiger partial charge in [0.25, 0.3) is 0 Å². The number of rotatable bonds is 3. The van der Waals surface area contributed by atoms with E-state index in [0.717, 1.165) is 0 Å². The van der Waals surface area contributed by atoms with Crippen LogP contribution in [0.4, 0.5) is 11.4 Å². The van der Waals surface area contributed by atoms with Crippen molar-refractivity contribution in [3.63, 3.8) is 0 Å². The van der Waals surface area contributed by atoms with E-state index in [1.165, 1.54) is 6.39 Å². The minimum Gasteiger partial charge on any atom is -0.397 e. The number of nitrogens with zero attached hydrogens (tertiary/aromatic N) is 2. The summed E-state index contributed by atoms with van der Waals surface area (Å²) in [5.74, 6) is 0.533. The molecule has 0 unspecified atom stereocenters. The number of nitrogens with one attached hydrogen (secondary N) is 1. The van der Waals surface area contributed by atoms with Crippen LogP contribution in [0.5, 0.6) is 0 Å². The van der Waals surface area contributed by atoms with Gasteiger partial charge in [0.1, 0.15) is 0 Å². The van der Waals surface area contributed by atoms with Crippen molar-refractivity contribution in [2.24, 2.45) is 0 Å². The van der Waals surface area contributed by atoms with Gasteiger partial charge in [-0.25, -0.2) is 0 Å². The Morgan fingerprint density at radius 3 is 2.75 bits per heavy atom. The SMILES string of the molecule is Nc1cc(Cl)c(Cl)cc1NCc1ncon1. The Bertz CT molecular complexity index is 487. The van der Waals surface area contributed by atoms with Crippen LogP contribution in [0.3, 0.4) is 0 Å². The van der Waals surface area contributed by atoms with Crippen molar-refractivity contribution in [3.05, 3.63) is 34.4 Å². The van der Waals surface area contributed by atoms with Gasteiger partial charge in [-0.05, 0) is 12.1 Å². The lowest BCUT2D eigenvalue weighted by Crippen LogP contribution is -2.03.